The van der Waals surface area contributed by atoms with Crippen LogP contribution in [-0.4, -0.2) is 74.3 Å². The van der Waals surface area contributed by atoms with Crippen molar-refractivity contribution in [3.05, 3.63) is 41.6 Å². The monoisotopic (exact) mass is 639 g/mol. The first-order valence-electron chi connectivity index (χ1n) is 17.2. The van der Waals surface area contributed by atoms with Gasteiger partial charge in [-0.05, 0) is 81.7 Å². The Kier molecular flexibility index (Phi) is 7.51. The Bertz CT molecular complexity index is 1880. The lowest BCUT2D eigenvalue weighted by atomic mass is 9.94. The van der Waals surface area contributed by atoms with Gasteiger partial charge in [0.15, 0.2) is 5.82 Å². The van der Waals surface area contributed by atoms with E-state index in [1.165, 1.54) is 0 Å². The van der Waals surface area contributed by atoms with E-state index in [1.807, 2.05) is 37.1 Å². The molecule has 4 aliphatic rings. The third-order valence-electron chi connectivity index (χ3n) is 11.4. The number of nitrogens with one attached hydrogen (secondary N) is 1. The summed E-state index contributed by atoms with van der Waals surface area (Å²) in [6, 6.07) is 9.69. The number of carbonyl (C=O) groups excluding carboxylic acids is 2. The normalized spacial score (nSPS) is 29.2. The summed E-state index contributed by atoms with van der Waals surface area (Å²) in [4.78, 5) is 39.2. The number of aromatic nitrogens is 4. The molecule has 1 saturated carbocycles. The molecule has 11 heteroatoms. The third-order valence-corrected chi connectivity index (χ3v) is 11.4. The third kappa shape index (κ3) is 5.01. The number of piperidine rings is 1. The quantitative estimate of drug-likeness (QED) is 0.331. The molecule has 0 unspecified atom stereocenters. The van der Waals surface area contributed by atoms with Crippen LogP contribution < -0.4 is 15.8 Å². The Hall–Kier alpha value is -3.96. The highest BCUT2D eigenvalue weighted by Gasteiger charge is 2.48. The van der Waals surface area contributed by atoms with Crippen LogP contribution in [0.1, 0.15) is 80.4 Å². The van der Waals surface area contributed by atoms with E-state index in [-0.39, 0.29) is 48.0 Å². The molecule has 3 fully saturated rings. The van der Waals surface area contributed by atoms with Gasteiger partial charge in [-0.1, -0.05) is 12.8 Å². The minimum Gasteiger partial charge on any atom is -0.494 e. The predicted octanol–water partition coefficient (Wildman–Crippen LogP) is 4.71. The second kappa shape index (κ2) is 11.6. The minimum absolute atomic E-state index is 0.0338. The predicted molar refractivity (Wildman–Crippen MR) is 179 cm³/mol. The molecule has 1 aromatic carbocycles. The Labute approximate surface area is 274 Å². The standard InChI is InChI=1S/C36H45N7O4/c1-19-25-11-9-21-16-28(42(33(21)39-25)13-7-5-6-8-20-14-24(20)35(44)38-19)34-40-26-15-22(17-30(47-4)32(26)41(34)2)36(45)43-23-10-12-27(43)31(37)29(18-23)46-3/h9,11,15-17,19-20,23-24,27,29,31H,5-8,10,12-14,18,37H2,1-4H3,(H,38,44)/t19-,20-,23+,24-,27-,29-,31+/m1/s1. The summed E-state index contributed by atoms with van der Waals surface area (Å²) in [5.41, 5.74) is 11.4. The molecule has 3 aromatic heterocycles. The first-order chi connectivity index (χ1) is 22.8. The number of fused-ring (bicyclic) bond motifs is 5. The van der Waals surface area contributed by atoms with Crippen LogP contribution in [0.15, 0.2) is 30.3 Å². The van der Waals surface area contributed by atoms with E-state index in [9.17, 15) is 9.59 Å². The van der Waals surface area contributed by atoms with Gasteiger partial charge in [0, 0.05) is 43.6 Å². The van der Waals surface area contributed by atoms with Crippen molar-refractivity contribution in [2.24, 2.45) is 24.6 Å². The van der Waals surface area contributed by atoms with Gasteiger partial charge < -0.3 is 34.6 Å². The molecule has 7 atom stereocenters. The van der Waals surface area contributed by atoms with Crippen LogP contribution in [0, 0.1) is 11.8 Å². The first kappa shape index (κ1) is 30.4. The molecular formula is C36H45N7O4. The molecule has 8 rings (SSSR count). The van der Waals surface area contributed by atoms with Gasteiger partial charge >= 0.3 is 0 Å². The molecule has 11 nitrogen and oxygen atoms in total. The van der Waals surface area contributed by atoms with Crippen molar-refractivity contribution < 1.29 is 19.1 Å². The summed E-state index contributed by atoms with van der Waals surface area (Å²) < 4.78 is 15.9. The molecule has 0 radical (unpaired) electrons. The van der Waals surface area contributed by atoms with Crippen molar-refractivity contribution in [2.75, 3.05) is 14.2 Å². The van der Waals surface area contributed by atoms with Crippen molar-refractivity contribution in [1.82, 2.24) is 29.3 Å². The van der Waals surface area contributed by atoms with Crippen LogP contribution in [-0.2, 0) is 23.1 Å². The van der Waals surface area contributed by atoms with Gasteiger partial charge in [-0.3, -0.25) is 9.59 Å². The number of ether oxygens (including phenoxy) is 2. The van der Waals surface area contributed by atoms with Gasteiger partial charge in [-0.25, -0.2) is 9.97 Å². The highest BCUT2D eigenvalue weighted by atomic mass is 16.5. The molecular weight excluding hydrogens is 594 g/mol. The summed E-state index contributed by atoms with van der Waals surface area (Å²) in [5, 5.41) is 4.24. The summed E-state index contributed by atoms with van der Waals surface area (Å²) in [5.74, 6) is 2.17. The van der Waals surface area contributed by atoms with E-state index in [2.05, 4.69) is 26.6 Å². The number of methoxy groups -OCH3 is 2. The molecule has 6 heterocycles. The van der Waals surface area contributed by atoms with Crippen molar-refractivity contribution >= 4 is 33.9 Å². The van der Waals surface area contributed by atoms with Crippen LogP contribution in [0.5, 0.6) is 5.75 Å². The lowest BCUT2D eigenvalue weighted by molar-refractivity contribution is -0.123. The van der Waals surface area contributed by atoms with Gasteiger partial charge in [0.2, 0.25) is 5.91 Å². The Morgan fingerprint density at radius 1 is 1.04 bits per heavy atom. The molecule has 1 aliphatic carbocycles. The molecule has 2 saturated heterocycles. The van der Waals surface area contributed by atoms with E-state index >= 15 is 0 Å². The van der Waals surface area contributed by atoms with Crippen LogP contribution in [0.3, 0.4) is 0 Å². The zero-order valence-electron chi connectivity index (χ0n) is 27.7. The summed E-state index contributed by atoms with van der Waals surface area (Å²) >= 11 is 0. The average molecular weight is 640 g/mol. The number of imidazole rings is 1. The maximum Gasteiger partial charge on any atom is 0.254 e. The lowest BCUT2D eigenvalue weighted by Gasteiger charge is -2.42. The highest BCUT2D eigenvalue weighted by molar-refractivity contribution is 6.00. The van der Waals surface area contributed by atoms with Crippen molar-refractivity contribution in [2.45, 2.75) is 95.1 Å². The number of amides is 2. The molecule has 47 heavy (non-hydrogen) atoms. The molecule has 2 amide bonds. The van der Waals surface area contributed by atoms with E-state index in [0.717, 1.165) is 91.7 Å². The van der Waals surface area contributed by atoms with Gasteiger partial charge in [-0.2, -0.15) is 0 Å². The Balaban J connectivity index is 1.18. The van der Waals surface area contributed by atoms with E-state index in [4.69, 9.17) is 25.2 Å². The Morgan fingerprint density at radius 3 is 2.70 bits per heavy atom. The number of benzene rings is 1. The largest absolute Gasteiger partial charge is 0.494 e. The second-order valence-electron chi connectivity index (χ2n) is 14.2. The number of aryl methyl sites for hydroxylation is 2. The Morgan fingerprint density at radius 2 is 1.89 bits per heavy atom. The molecule has 3 aliphatic heterocycles. The van der Waals surface area contributed by atoms with Crippen LogP contribution in [0.4, 0.5) is 0 Å². The highest BCUT2D eigenvalue weighted by Crippen LogP contribution is 2.43. The fourth-order valence-electron chi connectivity index (χ4n) is 8.66. The van der Waals surface area contributed by atoms with Crippen molar-refractivity contribution in [1.29, 1.82) is 0 Å². The van der Waals surface area contributed by atoms with Crippen LogP contribution >= 0.6 is 0 Å². The summed E-state index contributed by atoms with van der Waals surface area (Å²) in [7, 11) is 5.34. The topological polar surface area (TPSA) is 130 Å². The fraction of sp³-hybridized carbons (Fsp3) is 0.556. The number of nitrogens with two attached hydrogens (primary N) is 1. The van der Waals surface area contributed by atoms with E-state index < -0.39 is 0 Å². The van der Waals surface area contributed by atoms with Gasteiger partial charge in [0.05, 0.1) is 48.2 Å². The van der Waals surface area contributed by atoms with Crippen molar-refractivity contribution in [3.8, 4) is 17.3 Å². The summed E-state index contributed by atoms with van der Waals surface area (Å²) in [6.45, 7) is 2.83. The zero-order chi connectivity index (χ0) is 32.6. The smallest absolute Gasteiger partial charge is 0.254 e. The van der Waals surface area contributed by atoms with Crippen LogP contribution in [0.25, 0.3) is 33.6 Å². The first-order valence-corrected chi connectivity index (χ1v) is 17.2. The fourth-order valence-corrected chi connectivity index (χ4v) is 8.66. The van der Waals surface area contributed by atoms with Crippen molar-refractivity contribution in [3.63, 3.8) is 0 Å². The number of pyridine rings is 1. The van der Waals surface area contributed by atoms with Gasteiger partial charge in [0.1, 0.15) is 16.9 Å². The average Bonchev–Trinajstić information content (AvgIpc) is 3.49. The van der Waals surface area contributed by atoms with E-state index in [1.54, 1.807) is 14.2 Å². The van der Waals surface area contributed by atoms with Gasteiger partial charge in [-0.15, -0.1) is 0 Å². The molecule has 4 bridgehead atoms. The number of nitrogens with zero attached hydrogens (tertiary/aromatic N) is 5. The SMILES string of the molecule is COc1cc(C(=O)N2[C@H]3CC[C@@H]2[C@H](N)[C@H](OC)C3)cc2nc(-c3cc4ccc5nc4n3CCCCC[C@@H]3C[C@H]3C(=O)N[C@@H]5C)n(C)c12. The van der Waals surface area contributed by atoms with Crippen LogP contribution in [0.2, 0.25) is 0 Å². The maximum absolute atomic E-state index is 14.1. The molecule has 0 spiro atoms. The zero-order valence-corrected chi connectivity index (χ0v) is 27.7. The minimum atomic E-state index is -0.210. The lowest BCUT2D eigenvalue weighted by Crippen LogP contribution is -2.60. The maximum atomic E-state index is 14.1. The van der Waals surface area contributed by atoms with E-state index in [0.29, 0.717) is 22.7 Å². The summed E-state index contributed by atoms with van der Waals surface area (Å²) in [6.07, 6.45) is 7.86. The second-order valence-corrected chi connectivity index (χ2v) is 14.2. The number of carbonyl (C=O) groups is 2. The molecule has 248 valence electrons. The number of hydrogen-bond acceptors (Lipinski definition) is 7. The number of rotatable bonds is 4. The molecule has 3 N–H and O–H groups in total. The number of hydrogen-bond donors (Lipinski definition) is 2. The van der Waals surface area contributed by atoms with Gasteiger partial charge in [0.25, 0.3) is 5.91 Å². The molecule has 4 aromatic rings.